The van der Waals surface area contributed by atoms with Crippen LogP contribution in [0.2, 0.25) is 0 Å². The standard InChI is InChI=1S/C53H102O6/c1-7-49(6)41-35-29-23-17-12-14-19-25-31-37-43-52(55)58-46-50(45-57-51(54)42-36-30-24-18-13-11-16-22-28-34-40-48(4)5)59-53(56)44-38-32-26-20-10-8-9-15-21-27-33-39-47(2)3/h47-50H,7-46H2,1-6H3/t49?,50-/m1/s1. The molecule has 0 fully saturated rings. The molecule has 0 spiro atoms. The Hall–Kier alpha value is -1.59. The van der Waals surface area contributed by atoms with E-state index in [-0.39, 0.29) is 31.1 Å². The van der Waals surface area contributed by atoms with E-state index in [1.807, 2.05) is 0 Å². The van der Waals surface area contributed by atoms with Crippen LogP contribution in [-0.2, 0) is 28.6 Å². The number of rotatable bonds is 46. The molecule has 0 rings (SSSR count). The summed E-state index contributed by atoms with van der Waals surface area (Å²) in [5.74, 6) is 1.66. The van der Waals surface area contributed by atoms with E-state index in [1.165, 1.54) is 167 Å². The van der Waals surface area contributed by atoms with Crippen LogP contribution in [0.3, 0.4) is 0 Å². The first-order valence-corrected chi connectivity index (χ1v) is 26.1. The van der Waals surface area contributed by atoms with E-state index < -0.39 is 6.10 Å². The van der Waals surface area contributed by atoms with Crippen LogP contribution in [0.1, 0.15) is 286 Å². The average Bonchev–Trinajstić information content (AvgIpc) is 3.20. The fraction of sp³-hybridized carbons (Fsp3) is 0.943. The molecule has 0 aliphatic rings. The molecule has 0 aliphatic carbocycles. The van der Waals surface area contributed by atoms with Crippen molar-refractivity contribution in [2.75, 3.05) is 13.2 Å². The summed E-state index contributed by atoms with van der Waals surface area (Å²) in [6.45, 7) is 13.7. The summed E-state index contributed by atoms with van der Waals surface area (Å²) in [5.41, 5.74) is 0. The van der Waals surface area contributed by atoms with Gasteiger partial charge in [0, 0.05) is 19.3 Å². The summed E-state index contributed by atoms with van der Waals surface area (Å²) in [7, 11) is 0. The summed E-state index contributed by atoms with van der Waals surface area (Å²) < 4.78 is 16.8. The second kappa shape index (κ2) is 44.5. The molecule has 0 saturated heterocycles. The largest absolute Gasteiger partial charge is 0.462 e. The third-order valence-corrected chi connectivity index (χ3v) is 12.3. The summed E-state index contributed by atoms with van der Waals surface area (Å²) in [5, 5.41) is 0. The number of hydrogen-bond acceptors (Lipinski definition) is 6. The second-order valence-electron chi connectivity index (χ2n) is 19.4. The molecule has 0 aromatic rings. The van der Waals surface area contributed by atoms with Crippen molar-refractivity contribution in [3.8, 4) is 0 Å². The monoisotopic (exact) mass is 835 g/mol. The van der Waals surface area contributed by atoms with Crippen molar-refractivity contribution >= 4 is 17.9 Å². The molecule has 0 amide bonds. The zero-order chi connectivity index (χ0) is 43.4. The van der Waals surface area contributed by atoms with E-state index in [2.05, 4.69) is 41.5 Å². The molecule has 0 aromatic heterocycles. The first-order chi connectivity index (χ1) is 28.6. The molecule has 0 aliphatic heterocycles. The molecule has 0 bridgehead atoms. The fourth-order valence-electron chi connectivity index (χ4n) is 7.91. The van der Waals surface area contributed by atoms with E-state index in [0.29, 0.717) is 19.3 Å². The lowest BCUT2D eigenvalue weighted by molar-refractivity contribution is -0.167. The number of carbonyl (C=O) groups is 3. The van der Waals surface area contributed by atoms with Crippen LogP contribution < -0.4 is 0 Å². The Morgan fingerprint density at radius 3 is 0.881 bits per heavy atom. The highest BCUT2D eigenvalue weighted by Gasteiger charge is 2.19. The average molecular weight is 835 g/mol. The van der Waals surface area contributed by atoms with Gasteiger partial charge < -0.3 is 14.2 Å². The lowest BCUT2D eigenvalue weighted by Crippen LogP contribution is -2.30. The molecule has 0 radical (unpaired) electrons. The lowest BCUT2D eigenvalue weighted by Gasteiger charge is -2.18. The third kappa shape index (κ3) is 45.8. The van der Waals surface area contributed by atoms with Gasteiger partial charge in [-0.15, -0.1) is 0 Å². The van der Waals surface area contributed by atoms with Crippen molar-refractivity contribution in [3.05, 3.63) is 0 Å². The van der Waals surface area contributed by atoms with Gasteiger partial charge in [-0.2, -0.15) is 0 Å². The highest BCUT2D eigenvalue weighted by atomic mass is 16.6. The Bertz CT molecular complexity index is 916. The predicted molar refractivity (Wildman–Crippen MR) is 252 cm³/mol. The van der Waals surface area contributed by atoms with E-state index in [4.69, 9.17) is 14.2 Å². The first kappa shape index (κ1) is 57.4. The van der Waals surface area contributed by atoms with Crippen molar-refractivity contribution in [1.82, 2.24) is 0 Å². The molecule has 59 heavy (non-hydrogen) atoms. The molecule has 0 N–H and O–H groups in total. The van der Waals surface area contributed by atoms with E-state index in [1.54, 1.807) is 0 Å². The number of unbranched alkanes of at least 4 members (excludes halogenated alkanes) is 28. The van der Waals surface area contributed by atoms with Gasteiger partial charge in [-0.25, -0.2) is 0 Å². The molecule has 0 aromatic carbocycles. The Balaban J connectivity index is 4.34. The van der Waals surface area contributed by atoms with Gasteiger partial charge in [-0.1, -0.05) is 247 Å². The minimum absolute atomic E-state index is 0.0648. The van der Waals surface area contributed by atoms with Gasteiger partial charge in [0.25, 0.3) is 0 Å². The van der Waals surface area contributed by atoms with Crippen molar-refractivity contribution in [2.24, 2.45) is 17.8 Å². The van der Waals surface area contributed by atoms with Gasteiger partial charge in [-0.3, -0.25) is 14.4 Å². The maximum atomic E-state index is 12.8. The third-order valence-electron chi connectivity index (χ3n) is 12.3. The summed E-state index contributed by atoms with van der Waals surface area (Å²) in [6.07, 6.45) is 43.7. The lowest BCUT2D eigenvalue weighted by atomic mass is 9.99. The van der Waals surface area contributed by atoms with Gasteiger partial charge in [0.1, 0.15) is 13.2 Å². The highest BCUT2D eigenvalue weighted by Crippen LogP contribution is 2.18. The SMILES string of the molecule is CCC(C)CCCCCCCCCCCCC(=O)OC[C@@H](COC(=O)CCCCCCCCCCCCC(C)C)OC(=O)CCCCCCCCCCCCCC(C)C. The molecular weight excluding hydrogens is 733 g/mol. The van der Waals surface area contributed by atoms with Crippen LogP contribution in [0.5, 0.6) is 0 Å². The van der Waals surface area contributed by atoms with Crippen LogP contribution >= 0.6 is 0 Å². The van der Waals surface area contributed by atoms with Crippen molar-refractivity contribution in [2.45, 2.75) is 292 Å². The molecule has 0 saturated carbocycles. The van der Waals surface area contributed by atoms with Crippen LogP contribution in [0, 0.1) is 17.8 Å². The minimum atomic E-state index is -0.763. The maximum absolute atomic E-state index is 12.8. The Morgan fingerprint density at radius 2 is 0.593 bits per heavy atom. The number of ether oxygens (including phenoxy) is 3. The quantitative estimate of drug-likeness (QED) is 0.0345. The van der Waals surface area contributed by atoms with E-state index in [0.717, 1.165) is 75.5 Å². The summed E-state index contributed by atoms with van der Waals surface area (Å²) in [4.78, 5) is 38.0. The molecule has 6 heteroatoms. The zero-order valence-corrected chi connectivity index (χ0v) is 40.5. The molecule has 1 unspecified atom stereocenters. The number of carbonyl (C=O) groups excluding carboxylic acids is 3. The van der Waals surface area contributed by atoms with E-state index >= 15 is 0 Å². The zero-order valence-electron chi connectivity index (χ0n) is 40.5. The van der Waals surface area contributed by atoms with Crippen LogP contribution in [0.25, 0.3) is 0 Å². The van der Waals surface area contributed by atoms with Gasteiger partial charge in [0.15, 0.2) is 6.10 Å². The summed E-state index contributed by atoms with van der Waals surface area (Å²) in [6, 6.07) is 0. The van der Waals surface area contributed by atoms with Crippen molar-refractivity contribution in [1.29, 1.82) is 0 Å². The Kier molecular flexibility index (Phi) is 43.3. The van der Waals surface area contributed by atoms with Crippen LogP contribution in [0.15, 0.2) is 0 Å². The minimum Gasteiger partial charge on any atom is -0.462 e. The number of hydrogen-bond donors (Lipinski definition) is 0. The molecular formula is C53H102O6. The first-order valence-electron chi connectivity index (χ1n) is 26.1. The second-order valence-corrected chi connectivity index (χ2v) is 19.4. The Labute approximate surface area is 368 Å². The van der Waals surface area contributed by atoms with Crippen LogP contribution in [0.4, 0.5) is 0 Å². The van der Waals surface area contributed by atoms with Crippen LogP contribution in [-0.4, -0.2) is 37.2 Å². The molecule has 6 nitrogen and oxygen atoms in total. The smallest absolute Gasteiger partial charge is 0.306 e. The molecule has 0 heterocycles. The topological polar surface area (TPSA) is 78.9 Å². The normalized spacial score (nSPS) is 12.6. The molecule has 2 atom stereocenters. The van der Waals surface area contributed by atoms with Crippen molar-refractivity contribution in [3.63, 3.8) is 0 Å². The van der Waals surface area contributed by atoms with Gasteiger partial charge >= 0.3 is 17.9 Å². The van der Waals surface area contributed by atoms with E-state index in [9.17, 15) is 14.4 Å². The van der Waals surface area contributed by atoms with Gasteiger partial charge in [-0.05, 0) is 37.0 Å². The summed E-state index contributed by atoms with van der Waals surface area (Å²) >= 11 is 0. The fourth-order valence-corrected chi connectivity index (χ4v) is 7.91. The maximum Gasteiger partial charge on any atom is 0.306 e. The highest BCUT2D eigenvalue weighted by molar-refractivity contribution is 5.71. The van der Waals surface area contributed by atoms with Gasteiger partial charge in [0.05, 0.1) is 0 Å². The predicted octanol–water partition coefficient (Wildman–Crippen LogP) is 16.8. The number of esters is 3. The van der Waals surface area contributed by atoms with Crippen molar-refractivity contribution < 1.29 is 28.6 Å². The Morgan fingerprint density at radius 1 is 0.339 bits per heavy atom. The van der Waals surface area contributed by atoms with Gasteiger partial charge in [0.2, 0.25) is 0 Å². The molecule has 350 valence electrons.